The SMILES string of the molecule is CCOc1cccc(OC(CC)CC(=N)N)c1. The summed E-state index contributed by atoms with van der Waals surface area (Å²) in [6, 6.07) is 7.51. The zero-order valence-corrected chi connectivity index (χ0v) is 10.4. The normalized spacial score (nSPS) is 11.9. The van der Waals surface area contributed by atoms with E-state index in [9.17, 15) is 0 Å². The smallest absolute Gasteiger partial charge is 0.123 e. The molecule has 0 radical (unpaired) electrons. The van der Waals surface area contributed by atoms with Crippen LogP contribution < -0.4 is 15.2 Å². The van der Waals surface area contributed by atoms with Gasteiger partial charge in [0.2, 0.25) is 0 Å². The molecule has 0 spiro atoms. The van der Waals surface area contributed by atoms with Crippen molar-refractivity contribution in [2.45, 2.75) is 32.8 Å². The van der Waals surface area contributed by atoms with Gasteiger partial charge < -0.3 is 15.2 Å². The summed E-state index contributed by atoms with van der Waals surface area (Å²) < 4.78 is 11.2. The van der Waals surface area contributed by atoms with Gasteiger partial charge in [-0.25, -0.2) is 0 Å². The Morgan fingerprint density at radius 1 is 1.35 bits per heavy atom. The van der Waals surface area contributed by atoms with Gasteiger partial charge in [0.25, 0.3) is 0 Å². The zero-order chi connectivity index (χ0) is 12.7. The van der Waals surface area contributed by atoms with Crippen molar-refractivity contribution in [1.82, 2.24) is 0 Å². The van der Waals surface area contributed by atoms with E-state index in [1.165, 1.54) is 0 Å². The first-order valence-electron chi connectivity index (χ1n) is 5.88. The molecule has 0 aliphatic carbocycles. The van der Waals surface area contributed by atoms with Gasteiger partial charge in [0.05, 0.1) is 12.4 Å². The van der Waals surface area contributed by atoms with Crippen LogP contribution in [0.5, 0.6) is 11.5 Å². The molecule has 4 nitrogen and oxygen atoms in total. The summed E-state index contributed by atoms with van der Waals surface area (Å²) >= 11 is 0. The zero-order valence-electron chi connectivity index (χ0n) is 10.4. The van der Waals surface area contributed by atoms with E-state index in [1.54, 1.807) is 0 Å². The largest absolute Gasteiger partial charge is 0.494 e. The summed E-state index contributed by atoms with van der Waals surface area (Å²) in [6.07, 6.45) is 1.22. The lowest BCUT2D eigenvalue weighted by molar-refractivity contribution is 0.203. The Kier molecular flexibility index (Phi) is 5.33. The highest BCUT2D eigenvalue weighted by molar-refractivity contribution is 5.77. The van der Waals surface area contributed by atoms with Crippen molar-refractivity contribution in [3.8, 4) is 11.5 Å². The average molecular weight is 236 g/mol. The predicted octanol–water partition coefficient (Wildman–Crippen LogP) is 2.57. The fourth-order valence-corrected chi connectivity index (χ4v) is 1.51. The molecule has 3 N–H and O–H groups in total. The molecule has 0 saturated carbocycles. The summed E-state index contributed by atoms with van der Waals surface area (Å²) in [7, 11) is 0. The van der Waals surface area contributed by atoms with Gasteiger partial charge in [0.15, 0.2) is 0 Å². The van der Waals surface area contributed by atoms with E-state index in [1.807, 2.05) is 38.1 Å². The van der Waals surface area contributed by atoms with Crippen molar-refractivity contribution in [2.75, 3.05) is 6.61 Å². The molecule has 0 amide bonds. The maximum absolute atomic E-state index is 7.28. The fraction of sp³-hybridized carbons (Fsp3) is 0.462. The first kappa shape index (κ1) is 13.4. The third-order valence-electron chi connectivity index (χ3n) is 2.32. The topological polar surface area (TPSA) is 68.3 Å². The Balaban J connectivity index is 2.65. The first-order chi connectivity index (χ1) is 8.15. The van der Waals surface area contributed by atoms with Crippen molar-refractivity contribution in [2.24, 2.45) is 5.73 Å². The van der Waals surface area contributed by atoms with E-state index >= 15 is 0 Å². The lowest BCUT2D eigenvalue weighted by Gasteiger charge is -2.17. The summed E-state index contributed by atoms with van der Waals surface area (Å²) in [5.74, 6) is 1.70. The van der Waals surface area contributed by atoms with Gasteiger partial charge >= 0.3 is 0 Å². The summed E-state index contributed by atoms with van der Waals surface area (Å²) in [6.45, 7) is 4.59. The van der Waals surface area contributed by atoms with Crippen molar-refractivity contribution in [3.05, 3.63) is 24.3 Å². The highest BCUT2D eigenvalue weighted by Crippen LogP contribution is 2.21. The van der Waals surface area contributed by atoms with E-state index < -0.39 is 0 Å². The second kappa shape index (κ2) is 6.78. The van der Waals surface area contributed by atoms with Gasteiger partial charge in [-0.1, -0.05) is 13.0 Å². The molecule has 1 rings (SSSR count). The van der Waals surface area contributed by atoms with E-state index in [0.29, 0.717) is 13.0 Å². The molecule has 0 aliphatic heterocycles. The van der Waals surface area contributed by atoms with Gasteiger partial charge in [-0.15, -0.1) is 0 Å². The van der Waals surface area contributed by atoms with Gasteiger partial charge in [-0.05, 0) is 25.5 Å². The van der Waals surface area contributed by atoms with Crippen LogP contribution in [0, 0.1) is 5.41 Å². The molecule has 1 aromatic carbocycles. The molecule has 0 aliphatic rings. The number of rotatable bonds is 7. The highest BCUT2D eigenvalue weighted by atomic mass is 16.5. The molecule has 0 saturated heterocycles. The number of benzene rings is 1. The van der Waals surface area contributed by atoms with Crippen LogP contribution in [0.25, 0.3) is 0 Å². The van der Waals surface area contributed by atoms with Crippen molar-refractivity contribution >= 4 is 5.84 Å². The Morgan fingerprint density at radius 2 is 2.06 bits per heavy atom. The monoisotopic (exact) mass is 236 g/mol. The van der Waals surface area contributed by atoms with E-state index in [2.05, 4.69) is 0 Å². The molecule has 1 aromatic rings. The number of hydrogen-bond acceptors (Lipinski definition) is 3. The molecular formula is C13H20N2O2. The van der Waals surface area contributed by atoms with Crippen LogP contribution in [0.2, 0.25) is 0 Å². The number of nitrogens with two attached hydrogens (primary N) is 1. The van der Waals surface area contributed by atoms with Crippen LogP contribution in [0.1, 0.15) is 26.7 Å². The Hall–Kier alpha value is -1.71. The lowest BCUT2D eigenvalue weighted by Crippen LogP contribution is -2.23. The second-order valence-electron chi connectivity index (χ2n) is 3.79. The summed E-state index contributed by atoms with van der Waals surface area (Å²) in [4.78, 5) is 0. The predicted molar refractivity (Wildman–Crippen MR) is 68.8 cm³/mol. The van der Waals surface area contributed by atoms with E-state index in [4.69, 9.17) is 20.6 Å². The van der Waals surface area contributed by atoms with Gasteiger partial charge in [0, 0.05) is 12.5 Å². The molecule has 94 valence electrons. The molecule has 4 heteroatoms. The average Bonchev–Trinajstić information content (AvgIpc) is 2.28. The van der Waals surface area contributed by atoms with Crippen LogP contribution in [-0.2, 0) is 0 Å². The quantitative estimate of drug-likeness (QED) is 0.564. The summed E-state index contributed by atoms with van der Waals surface area (Å²) in [5.41, 5.74) is 5.38. The van der Waals surface area contributed by atoms with Crippen LogP contribution in [-0.4, -0.2) is 18.5 Å². The molecule has 0 bridgehead atoms. The minimum absolute atomic E-state index is 0.0515. The van der Waals surface area contributed by atoms with Crippen LogP contribution in [0.15, 0.2) is 24.3 Å². The summed E-state index contributed by atoms with van der Waals surface area (Å²) in [5, 5.41) is 7.28. The minimum Gasteiger partial charge on any atom is -0.494 e. The second-order valence-corrected chi connectivity index (χ2v) is 3.79. The maximum Gasteiger partial charge on any atom is 0.123 e. The third kappa shape index (κ3) is 4.76. The Morgan fingerprint density at radius 3 is 2.65 bits per heavy atom. The Bertz CT molecular complexity index is 366. The minimum atomic E-state index is -0.0515. The molecule has 1 atom stereocenters. The van der Waals surface area contributed by atoms with Crippen molar-refractivity contribution < 1.29 is 9.47 Å². The van der Waals surface area contributed by atoms with E-state index in [0.717, 1.165) is 17.9 Å². The fourth-order valence-electron chi connectivity index (χ4n) is 1.51. The van der Waals surface area contributed by atoms with Gasteiger partial charge in [-0.2, -0.15) is 0 Å². The number of nitrogens with one attached hydrogen (secondary N) is 1. The molecule has 17 heavy (non-hydrogen) atoms. The standard InChI is InChI=1S/C13H20N2O2/c1-3-10(9-13(14)15)17-12-7-5-6-11(8-12)16-4-2/h5-8,10H,3-4,9H2,1-2H3,(H3,14,15). The van der Waals surface area contributed by atoms with Gasteiger partial charge in [0.1, 0.15) is 17.6 Å². The number of amidine groups is 1. The van der Waals surface area contributed by atoms with Crippen LogP contribution in [0.4, 0.5) is 0 Å². The van der Waals surface area contributed by atoms with E-state index in [-0.39, 0.29) is 11.9 Å². The lowest BCUT2D eigenvalue weighted by atomic mass is 10.2. The third-order valence-corrected chi connectivity index (χ3v) is 2.32. The molecule has 0 aromatic heterocycles. The van der Waals surface area contributed by atoms with Crippen LogP contribution in [0.3, 0.4) is 0 Å². The number of hydrogen-bond donors (Lipinski definition) is 2. The molecule has 0 fully saturated rings. The first-order valence-corrected chi connectivity index (χ1v) is 5.88. The number of ether oxygens (including phenoxy) is 2. The Labute approximate surface area is 102 Å². The maximum atomic E-state index is 7.28. The highest BCUT2D eigenvalue weighted by Gasteiger charge is 2.10. The van der Waals surface area contributed by atoms with Crippen molar-refractivity contribution in [3.63, 3.8) is 0 Å². The molecular weight excluding hydrogens is 216 g/mol. The van der Waals surface area contributed by atoms with Crippen LogP contribution >= 0.6 is 0 Å². The molecule has 0 heterocycles. The van der Waals surface area contributed by atoms with Gasteiger partial charge in [-0.3, -0.25) is 5.41 Å². The van der Waals surface area contributed by atoms with Crippen molar-refractivity contribution in [1.29, 1.82) is 5.41 Å². The molecule has 1 unspecified atom stereocenters.